The molecule has 0 saturated heterocycles. The summed E-state index contributed by atoms with van der Waals surface area (Å²) in [5.41, 5.74) is 1.58. The predicted octanol–water partition coefficient (Wildman–Crippen LogP) is 4.77. The summed E-state index contributed by atoms with van der Waals surface area (Å²) >= 11 is 9.19. The van der Waals surface area contributed by atoms with Gasteiger partial charge in [-0.15, -0.1) is 0 Å². The van der Waals surface area contributed by atoms with Gasteiger partial charge >= 0.3 is 5.97 Å². The number of carbonyl (C=O) groups excluding carboxylic acids is 1. The van der Waals surface area contributed by atoms with Crippen molar-refractivity contribution in [2.24, 2.45) is 0 Å². The van der Waals surface area contributed by atoms with Gasteiger partial charge in [0.05, 0.1) is 7.11 Å². The van der Waals surface area contributed by atoms with Crippen molar-refractivity contribution in [2.45, 2.75) is 20.4 Å². The lowest BCUT2D eigenvalue weighted by Gasteiger charge is -2.07. The maximum absolute atomic E-state index is 11.6. The van der Waals surface area contributed by atoms with Crippen LogP contribution < -0.4 is 0 Å². The summed E-state index contributed by atoms with van der Waals surface area (Å²) in [6, 6.07) is 9.25. The molecule has 1 aromatic carbocycles. The molecular weight excluding hydrogens is 342 g/mol. The van der Waals surface area contributed by atoms with E-state index < -0.39 is 0 Å². The highest BCUT2D eigenvalue weighted by Gasteiger charge is 2.13. The van der Waals surface area contributed by atoms with E-state index in [1.807, 2.05) is 48.9 Å². The molecule has 0 N–H and O–H groups in total. The molecule has 1 aromatic heterocycles. The average Bonchev–Trinajstić information content (AvgIpc) is 2.83. The van der Waals surface area contributed by atoms with Crippen molar-refractivity contribution in [1.29, 1.82) is 0 Å². The number of methoxy groups -OCH3 is 1. The fourth-order valence-corrected chi connectivity index (χ4v) is 2.26. The van der Waals surface area contributed by atoms with Crippen molar-refractivity contribution in [3.8, 4) is 0 Å². The number of benzene rings is 1. The maximum atomic E-state index is 11.6. The molecule has 0 aliphatic carbocycles. The van der Waals surface area contributed by atoms with Gasteiger partial charge in [0.25, 0.3) is 0 Å². The fraction of sp³-hybridized carbons (Fsp3) is 0.267. The summed E-state index contributed by atoms with van der Waals surface area (Å²) < 4.78 is 7.42. The lowest BCUT2D eigenvalue weighted by molar-refractivity contribution is 0.0589. The van der Waals surface area contributed by atoms with Gasteiger partial charge in [0.2, 0.25) is 0 Å². The van der Waals surface area contributed by atoms with Gasteiger partial charge in [-0.3, -0.25) is 0 Å². The molecule has 0 atom stereocenters. The summed E-state index contributed by atoms with van der Waals surface area (Å²) in [5.74, 6) is -0.352. The molecule has 20 heavy (non-hydrogen) atoms. The number of rotatable bonds is 3. The van der Waals surface area contributed by atoms with Crippen LogP contribution in [0.2, 0.25) is 5.02 Å². The molecule has 0 bridgehead atoms. The fourth-order valence-electron chi connectivity index (χ4n) is 1.67. The minimum atomic E-state index is -0.352. The second-order valence-electron chi connectivity index (χ2n) is 3.79. The lowest BCUT2D eigenvalue weighted by atomic mass is 10.2. The Bertz CT molecular complexity index is 564. The standard InChI is InChI=1S/C13H11BrClNO2.C2H6/c1-18-13(17)12-6-10(14)8-16(12)7-9-2-4-11(15)5-3-9;1-2/h2-6,8H,7H2,1H3;1-2H3. The van der Waals surface area contributed by atoms with Gasteiger partial charge in [-0.25, -0.2) is 4.79 Å². The SMILES string of the molecule is CC.COC(=O)c1cc(Br)cn1Cc1ccc(Cl)cc1. The number of aromatic nitrogens is 1. The molecule has 0 radical (unpaired) electrons. The van der Waals surface area contributed by atoms with Crippen molar-refractivity contribution >= 4 is 33.5 Å². The van der Waals surface area contributed by atoms with Crippen LogP contribution in [0.5, 0.6) is 0 Å². The van der Waals surface area contributed by atoms with Crippen molar-refractivity contribution in [3.05, 3.63) is 57.3 Å². The Morgan fingerprint density at radius 1 is 1.30 bits per heavy atom. The highest BCUT2D eigenvalue weighted by atomic mass is 79.9. The van der Waals surface area contributed by atoms with Crippen LogP contribution in [0.25, 0.3) is 0 Å². The van der Waals surface area contributed by atoms with E-state index in [1.54, 1.807) is 6.07 Å². The molecule has 0 saturated carbocycles. The molecule has 0 unspecified atom stereocenters. The highest BCUT2D eigenvalue weighted by Crippen LogP contribution is 2.18. The first-order valence-corrected chi connectivity index (χ1v) is 7.45. The smallest absolute Gasteiger partial charge is 0.354 e. The van der Waals surface area contributed by atoms with Crippen LogP contribution in [-0.4, -0.2) is 17.6 Å². The molecule has 108 valence electrons. The van der Waals surface area contributed by atoms with Crippen LogP contribution in [0.4, 0.5) is 0 Å². The van der Waals surface area contributed by atoms with Gasteiger partial charge < -0.3 is 9.30 Å². The van der Waals surface area contributed by atoms with Gasteiger partial charge in [-0.2, -0.15) is 0 Å². The third-order valence-corrected chi connectivity index (χ3v) is 3.21. The molecule has 5 heteroatoms. The third kappa shape index (κ3) is 4.39. The maximum Gasteiger partial charge on any atom is 0.354 e. The predicted molar refractivity (Wildman–Crippen MR) is 85.4 cm³/mol. The molecule has 0 aliphatic rings. The molecule has 0 aliphatic heterocycles. The van der Waals surface area contributed by atoms with E-state index in [2.05, 4.69) is 15.9 Å². The van der Waals surface area contributed by atoms with Crippen LogP contribution in [0, 0.1) is 0 Å². The zero-order valence-electron chi connectivity index (χ0n) is 11.7. The Kier molecular flexibility index (Phi) is 6.82. The topological polar surface area (TPSA) is 31.2 Å². The number of esters is 1. The molecule has 1 heterocycles. The number of hydrogen-bond acceptors (Lipinski definition) is 2. The van der Waals surface area contributed by atoms with Gasteiger partial charge in [-0.05, 0) is 39.7 Å². The van der Waals surface area contributed by atoms with Gasteiger partial charge in [0.1, 0.15) is 5.69 Å². The van der Waals surface area contributed by atoms with E-state index in [1.165, 1.54) is 7.11 Å². The number of nitrogens with zero attached hydrogens (tertiary/aromatic N) is 1. The van der Waals surface area contributed by atoms with Crippen LogP contribution >= 0.6 is 27.5 Å². The van der Waals surface area contributed by atoms with Crippen LogP contribution in [-0.2, 0) is 11.3 Å². The Labute approximate surface area is 132 Å². The van der Waals surface area contributed by atoms with Gasteiger partial charge in [0.15, 0.2) is 0 Å². The van der Waals surface area contributed by atoms with E-state index in [4.69, 9.17) is 16.3 Å². The second-order valence-corrected chi connectivity index (χ2v) is 5.14. The Balaban J connectivity index is 0.000000956. The lowest BCUT2D eigenvalue weighted by Crippen LogP contribution is -2.10. The van der Waals surface area contributed by atoms with E-state index >= 15 is 0 Å². The molecule has 0 amide bonds. The zero-order valence-corrected chi connectivity index (χ0v) is 14.0. The first kappa shape index (κ1) is 16.8. The first-order valence-electron chi connectivity index (χ1n) is 6.28. The Morgan fingerprint density at radius 3 is 2.45 bits per heavy atom. The zero-order chi connectivity index (χ0) is 15.1. The molecule has 2 aromatic rings. The van der Waals surface area contributed by atoms with E-state index in [9.17, 15) is 4.79 Å². The van der Waals surface area contributed by atoms with E-state index in [0.717, 1.165) is 10.0 Å². The van der Waals surface area contributed by atoms with Crippen molar-refractivity contribution in [2.75, 3.05) is 7.11 Å². The molecule has 0 fully saturated rings. The minimum absolute atomic E-state index is 0.352. The number of carbonyl (C=O) groups is 1. The molecule has 3 nitrogen and oxygen atoms in total. The van der Waals surface area contributed by atoms with Crippen molar-refractivity contribution in [3.63, 3.8) is 0 Å². The molecular formula is C15H17BrClNO2. The quantitative estimate of drug-likeness (QED) is 0.740. The summed E-state index contributed by atoms with van der Waals surface area (Å²) in [7, 11) is 1.37. The van der Waals surface area contributed by atoms with Crippen molar-refractivity contribution in [1.82, 2.24) is 4.57 Å². The third-order valence-electron chi connectivity index (χ3n) is 2.52. The van der Waals surface area contributed by atoms with Gasteiger partial charge in [-0.1, -0.05) is 37.6 Å². The molecule has 0 spiro atoms. The van der Waals surface area contributed by atoms with Crippen LogP contribution in [0.1, 0.15) is 29.9 Å². The number of hydrogen-bond donors (Lipinski definition) is 0. The summed E-state index contributed by atoms with van der Waals surface area (Å²) in [6.07, 6.45) is 1.85. The summed E-state index contributed by atoms with van der Waals surface area (Å²) in [4.78, 5) is 11.6. The molecule has 2 rings (SSSR count). The van der Waals surface area contributed by atoms with Crippen LogP contribution in [0.3, 0.4) is 0 Å². The first-order chi connectivity index (χ1) is 9.60. The second kappa shape index (κ2) is 8.12. The van der Waals surface area contributed by atoms with Crippen molar-refractivity contribution < 1.29 is 9.53 Å². The Hall–Kier alpha value is -1.26. The average molecular weight is 359 g/mol. The summed E-state index contributed by atoms with van der Waals surface area (Å²) in [5, 5.41) is 0.695. The van der Waals surface area contributed by atoms with E-state index in [-0.39, 0.29) is 5.97 Å². The van der Waals surface area contributed by atoms with E-state index in [0.29, 0.717) is 17.3 Å². The van der Waals surface area contributed by atoms with Gasteiger partial charge in [0, 0.05) is 22.2 Å². The summed E-state index contributed by atoms with van der Waals surface area (Å²) in [6.45, 7) is 4.59. The Morgan fingerprint density at radius 2 is 1.90 bits per heavy atom. The monoisotopic (exact) mass is 357 g/mol. The number of ether oxygens (including phenoxy) is 1. The van der Waals surface area contributed by atoms with Crippen LogP contribution in [0.15, 0.2) is 41.0 Å². The normalized spacial score (nSPS) is 9.65. The minimum Gasteiger partial charge on any atom is -0.464 e. The highest BCUT2D eigenvalue weighted by molar-refractivity contribution is 9.10. The largest absolute Gasteiger partial charge is 0.464 e. The number of halogens is 2.